The van der Waals surface area contributed by atoms with Gasteiger partial charge in [0.25, 0.3) is 0 Å². The lowest BCUT2D eigenvalue weighted by atomic mass is 10.1. The Bertz CT molecular complexity index is 988. The first-order valence-corrected chi connectivity index (χ1v) is 11.9. The lowest BCUT2D eigenvalue weighted by Crippen LogP contribution is -2.26. The molecule has 1 heterocycles. The molecule has 2 aromatic carbocycles. The van der Waals surface area contributed by atoms with Crippen LogP contribution in [0.4, 0.5) is 0 Å². The van der Waals surface area contributed by atoms with E-state index in [0.717, 1.165) is 30.2 Å². The number of thioether (sulfide) groups is 1. The zero-order valence-corrected chi connectivity index (χ0v) is 19.4. The van der Waals surface area contributed by atoms with Gasteiger partial charge in [0.2, 0.25) is 5.91 Å². The molecule has 0 fully saturated rings. The number of rotatable bonds is 10. The van der Waals surface area contributed by atoms with E-state index >= 15 is 0 Å². The summed E-state index contributed by atoms with van der Waals surface area (Å²) in [6, 6.07) is 15.0. The van der Waals surface area contributed by atoms with Gasteiger partial charge in [0.15, 0.2) is 0 Å². The van der Waals surface area contributed by atoms with E-state index < -0.39 is 0 Å². The minimum Gasteiger partial charge on any atom is -0.355 e. The molecule has 0 radical (unpaired) electrons. The molecule has 0 aliphatic heterocycles. The van der Waals surface area contributed by atoms with E-state index in [1.807, 2.05) is 18.7 Å². The van der Waals surface area contributed by atoms with Crippen molar-refractivity contribution in [3.05, 3.63) is 65.0 Å². The van der Waals surface area contributed by atoms with Gasteiger partial charge in [-0.3, -0.25) is 9.48 Å². The molecule has 0 saturated carbocycles. The first-order chi connectivity index (χ1) is 14.5. The number of hydrogen-bond donors (Lipinski definition) is 1. The number of carbonyl (C=O) groups excluding carboxylic acids is 1. The predicted molar refractivity (Wildman–Crippen MR) is 128 cm³/mol. The number of aryl methyl sites for hydroxylation is 1. The standard InChI is InChI=1S/C25H33N3OS/c1-18(2)16-28-20(4)23(19(3)27-28)12-13-25(29)26-14-15-30-17-22-10-7-9-21-8-5-6-11-24(21)22/h5-11,18H,12-17H2,1-4H3,(H,26,29). The highest BCUT2D eigenvalue weighted by atomic mass is 32.2. The van der Waals surface area contributed by atoms with E-state index in [2.05, 4.69) is 78.3 Å². The van der Waals surface area contributed by atoms with Gasteiger partial charge in [-0.2, -0.15) is 16.9 Å². The van der Waals surface area contributed by atoms with E-state index in [9.17, 15) is 4.79 Å². The number of nitrogens with one attached hydrogen (secondary N) is 1. The second-order valence-corrected chi connectivity index (χ2v) is 9.37. The third kappa shape index (κ3) is 5.88. The Kier molecular flexibility index (Phi) is 7.97. The van der Waals surface area contributed by atoms with Crippen molar-refractivity contribution in [2.75, 3.05) is 12.3 Å². The topological polar surface area (TPSA) is 46.9 Å². The Morgan fingerprint density at radius 3 is 2.70 bits per heavy atom. The highest BCUT2D eigenvalue weighted by Gasteiger charge is 2.13. The molecule has 0 bridgehead atoms. The van der Waals surface area contributed by atoms with Gasteiger partial charge in [-0.15, -0.1) is 0 Å². The first-order valence-electron chi connectivity index (χ1n) is 10.8. The lowest BCUT2D eigenvalue weighted by molar-refractivity contribution is -0.120. The van der Waals surface area contributed by atoms with Gasteiger partial charge < -0.3 is 5.32 Å². The fourth-order valence-corrected chi connectivity index (χ4v) is 4.67. The molecule has 1 amide bonds. The van der Waals surface area contributed by atoms with Crippen LogP contribution < -0.4 is 5.32 Å². The maximum absolute atomic E-state index is 12.3. The minimum atomic E-state index is 0.121. The van der Waals surface area contributed by atoms with Crippen molar-refractivity contribution in [2.45, 2.75) is 52.8 Å². The summed E-state index contributed by atoms with van der Waals surface area (Å²) < 4.78 is 2.08. The van der Waals surface area contributed by atoms with Crippen molar-refractivity contribution >= 4 is 28.4 Å². The summed E-state index contributed by atoms with van der Waals surface area (Å²) in [4.78, 5) is 12.3. The van der Waals surface area contributed by atoms with Gasteiger partial charge in [-0.25, -0.2) is 0 Å². The summed E-state index contributed by atoms with van der Waals surface area (Å²) in [6.07, 6.45) is 1.27. The minimum absolute atomic E-state index is 0.121. The lowest BCUT2D eigenvalue weighted by Gasteiger charge is -2.09. The Hall–Kier alpha value is -2.27. The molecule has 3 rings (SSSR count). The summed E-state index contributed by atoms with van der Waals surface area (Å²) in [6.45, 7) is 10.2. The molecule has 3 aromatic rings. The Labute approximate surface area is 184 Å². The van der Waals surface area contributed by atoms with Gasteiger partial charge in [0.05, 0.1) is 5.69 Å². The van der Waals surface area contributed by atoms with Gasteiger partial charge in [-0.05, 0) is 48.1 Å². The first kappa shape index (κ1) is 22.4. The van der Waals surface area contributed by atoms with Gasteiger partial charge in [0, 0.05) is 36.7 Å². The van der Waals surface area contributed by atoms with Crippen molar-refractivity contribution in [1.82, 2.24) is 15.1 Å². The van der Waals surface area contributed by atoms with Crippen molar-refractivity contribution in [3.8, 4) is 0 Å². The third-order valence-corrected chi connectivity index (χ3v) is 6.39. The molecule has 30 heavy (non-hydrogen) atoms. The smallest absolute Gasteiger partial charge is 0.220 e. The SMILES string of the molecule is Cc1nn(CC(C)C)c(C)c1CCC(=O)NCCSCc1cccc2ccccc12. The largest absolute Gasteiger partial charge is 0.355 e. The summed E-state index contributed by atoms with van der Waals surface area (Å²) >= 11 is 1.86. The average Bonchev–Trinajstić information content (AvgIpc) is 2.98. The molecular formula is C25H33N3OS. The predicted octanol–water partition coefficient (Wildman–Crippen LogP) is 5.29. The van der Waals surface area contributed by atoms with Crippen LogP contribution in [-0.2, 0) is 23.5 Å². The van der Waals surface area contributed by atoms with Crippen molar-refractivity contribution in [2.24, 2.45) is 5.92 Å². The van der Waals surface area contributed by atoms with Crippen molar-refractivity contribution in [1.29, 1.82) is 0 Å². The van der Waals surface area contributed by atoms with E-state index in [0.29, 0.717) is 18.9 Å². The van der Waals surface area contributed by atoms with Crippen LogP contribution >= 0.6 is 11.8 Å². The number of fused-ring (bicyclic) bond motifs is 1. The molecule has 1 N–H and O–H groups in total. The van der Waals surface area contributed by atoms with Gasteiger partial charge in [0.1, 0.15) is 0 Å². The summed E-state index contributed by atoms with van der Waals surface area (Å²) in [5, 5.41) is 10.3. The zero-order valence-electron chi connectivity index (χ0n) is 18.6. The summed E-state index contributed by atoms with van der Waals surface area (Å²) in [7, 11) is 0. The quantitative estimate of drug-likeness (QED) is 0.451. The molecule has 0 aliphatic rings. The normalized spacial score (nSPS) is 11.4. The Balaban J connectivity index is 1.40. The molecular weight excluding hydrogens is 390 g/mol. The summed E-state index contributed by atoms with van der Waals surface area (Å²) in [5.74, 6) is 2.56. The highest BCUT2D eigenvalue weighted by Crippen LogP contribution is 2.22. The van der Waals surface area contributed by atoms with E-state index in [4.69, 9.17) is 0 Å². The number of aromatic nitrogens is 2. The van der Waals surface area contributed by atoms with Crippen LogP contribution in [0.25, 0.3) is 10.8 Å². The van der Waals surface area contributed by atoms with Crippen LogP contribution in [0.2, 0.25) is 0 Å². The van der Waals surface area contributed by atoms with Crippen LogP contribution in [0.5, 0.6) is 0 Å². The van der Waals surface area contributed by atoms with Gasteiger partial charge >= 0.3 is 0 Å². The second kappa shape index (κ2) is 10.7. The molecule has 4 nitrogen and oxygen atoms in total. The molecule has 160 valence electrons. The molecule has 5 heteroatoms. The number of benzene rings is 2. The van der Waals surface area contributed by atoms with Gasteiger partial charge in [-0.1, -0.05) is 56.3 Å². The van der Waals surface area contributed by atoms with Crippen LogP contribution in [0, 0.1) is 19.8 Å². The molecule has 1 aromatic heterocycles. The maximum Gasteiger partial charge on any atom is 0.220 e. The monoisotopic (exact) mass is 423 g/mol. The van der Waals surface area contributed by atoms with Crippen LogP contribution in [-0.4, -0.2) is 28.0 Å². The number of hydrogen-bond acceptors (Lipinski definition) is 3. The molecule has 0 saturated heterocycles. The zero-order chi connectivity index (χ0) is 21.5. The fourth-order valence-electron chi connectivity index (χ4n) is 3.81. The molecule has 0 spiro atoms. The Morgan fingerprint density at radius 1 is 1.13 bits per heavy atom. The molecule has 0 atom stereocenters. The number of carbonyl (C=O) groups is 1. The van der Waals surface area contributed by atoms with E-state index in [-0.39, 0.29) is 5.91 Å². The highest BCUT2D eigenvalue weighted by molar-refractivity contribution is 7.98. The summed E-state index contributed by atoms with van der Waals surface area (Å²) in [5.41, 5.74) is 4.82. The fraction of sp³-hybridized carbons (Fsp3) is 0.440. The maximum atomic E-state index is 12.3. The Morgan fingerprint density at radius 2 is 1.90 bits per heavy atom. The number of nitrogens with zero attached hydrogens (tertiary/aromatic N) is 2. The van der Waals surface area contributed by atoms with Crippen molar-refractivity contribution < 1.29 is 4.79 Å². The van der Waals surface area contributed by atoms with E-state index in [1.165, 1.54) is 27.6 Å². The van der Waals surface area contributed by atoms with Crippen LogP contribution in [0.1, 0.15) is 42.8 Å². The van der Waals surface area contributed by atoms with Crippen LogP contribution in [0.3, 0.4) is 0 Å². The average molecular weight is 424 g/mol. The number of amides is 1. The molecule has 0 unspecified atom stereocenters. The third-order valence-electron chi connectivity index (χ3n) is 5.38. The van der Waals surface area contributed by atoms with E-state index in [1.54, 1.807) is 0 Å². The van der Waals surface area contributed by atoms with Crippen LogP contribution in [0.15, 0.2) is 42.5 Å². The second-order valence-electron chi connectivity index (χ2n) is 8.27. The van der Waals surface area contributed by atoms with Crippen molar-refractivity contribution in [3.63, 3.8) is 0 Å². The molecule has 0 aliphatic carbocycles.